The van der Waals surface area contributed by atoms with Gasteiger partial charge in [0.25, 0.3) is 0 Å². The van der Waals surface area contributed by atoms with Gasteiger partial charge in [-0.15, -0.1) is 0 Å². The number of hydrogen-bond donors (Lipinski definition) is 4. The Morgan fingerprint density at radius 3 is 2.31 bits per heavy atom. The zero-order valence-electron chi connectivity index (χ0n) is 23.2. The van der Waals surface area contributed by atoms with Gasteiger partial charge in [0, 0.05) is 58.1 Å². The minimum absolute atomic E-state index is 0.0874. The molecular weight excluding hydrogens is 457 g/mol. The van der Waals surface area contributed by atoms with Crippen molar-refractivity contribution in [2.24, 2.45) is 5.84 Å². The molecule has 9 heteroatoms. The summed E-state index contributed by atoms with van der Waals surface area (Å²) < 4.78 is 14.3. The van der Waals surface area contributed by atoms with Crippen LogP contribution in [0.1, 0.15) is 53.9 Å². The number of likely N-dealkylation sites (tertiary alicyclic amines) is 1. The van der Waals surface area contributed by atoms with Gasteiger partial charge in [-0.3, -0.25) is 20.1 Å². The Bertz CT molecular complexity index is 839. The van der Waals surface area contributed by atoms with E-state index < -0.39 is 6.03 Å². The SMILES string of the molecule is CCC1CN(C/C(C)=C\C(=C/NC)NC(=O)NN)CCN1C1CCN(C/C(C)=C(\F)C=C(C)C)CC1. The van der Waals surface area contributed by atoms with Gasteiger partial charge in [0.2, 0.25) is 0 Å². The third kappa shape index (κ3) is 9.69. The molecule has 5 N–H and O–H groups in total. The third-order valence-electron chi connectivity index (χ3n) is 6.96. The molecule has 0 radical (unpaired) electrons. The molecule has 2 heterocycles. The Hall–Kier alpha value is -2.20. The molecule has 0 aromatic rings. The Morgan fingerprint density at radius 2 is 1.72 bits per heavy atom. The summed E-state index contributed by atoms with van der Waals surface area (Å²) in [5.74, 6) is 5.11. The highest BCUT2D eigenvalue weighted by Crippen LogP contribution is 2.24. The normalized spacial score (nSPS) is 22.2. The van der Waals surface area contributed by atoms with Crippen LogP contribution in [0.25, 0.3) is 0 Å². The molecule has 0 aromatic heterocycles. The molecule has 1 atom stereocenters. The van der Waals surface area contributed by atoms with Gasteiger partial charge >= 0.3 is 6.03 Å². The molecular formula is C27H48FN7O. The molecule has 2 saturated heterocycles. The van der Waals surface area contributed by atoms with Crippen LogP contribution in [0.5, 0.6) is 0 Å². The van der Waals surface area contributed by atoms with E-state index in [1.54, 1.807) is 19.3 Å². The summed E-state index contributed by atoms with van der Waals surface area (Å²) in [5.41, 5.74) is 5.75. The third-order valence-corrected chi connectivity index (χ3v) is 6.96. The van der Waals surface area contributed by atoms with Gasteiger partial charge in [0.05, 0.1) is 5.70 Å². The van der Waals surface area contributed by atoms with Gasteiger partial charge in [-0.05, 0) is 77.8 Å². The number of carbonyl (C=O) groups excluding carboxylic acids is 1. The number of urea groups is 1. The van der Waals surface area contributed by atoms with E-state index in [2.05, 4.69) is 44.6 Å². The van der Waals surface area contributed by atoms with E-state index in [1.807, 2.05) is 26.8 Å². The maximum atomic E-state index is 14.3. The van der Waals surface area contributed by atoms with Gasteiger partial charge in [-0.25, -0.2) is 15.0 Å². The van der Waals surface area contributed by atoms with Crippen molar-refractivity contribution in [3.63, 3.8) is 0 Å². The van der Waals surface area contributed by atoms with Crippen molar-refractivity contribution in [1.29, 1.82) is 0 Å². The van der Waals surface area contributed by atoms with E-state index in [1.165, 1.54) is 5.57 Å². The predicted octanol–water partition coefficient (Wildman–Crippen LogP) is 3.24. The van der Waals surface area contributed by atoms with E-state index in [9.17, 15) is 9.18 Å². The number of halogens is 1. The summed E-state index contributed by atoms with van der Waals surface area (Å²) in [5, 5.41) is 5.68. The van der Waals surface area contributed by atoms with Crippen molar-refractivity contribution in [1.82, 2.24) is 30.8 Å². The maximum absolute atomic E-state index is 14.3. The van der Waals surface area contributed by atoms with E-state index >= 15 is 0 Å². The summed E-state index contributed by atoms with van der Waals surface area (Å²) in [6.45, 7) is 16.9. The lowest BCUT2D eigenvalue weighted by Gasteiger charge is -2.47. The van der Waals surface area contributed by atoms with Crippen LogP contribution in [0.15, 0.2) is 46.6 Å². The number of hydrazine groups is 1. The average molecular weight is 506 g/mol. The zero-order chi connectivity index (χ0) is 26.7. The standard InChI is InChI=1S/C27H48FN7O/c1-7-24-19-34(17-21(4)15-23(16-30-6)31-27(36)32-29)12-13-35(24)25-8-10-33(11-9-25)18-22(5)26(28)14-20(2)3/h14-16,24-25,30H,7-13,17-19,29H2,1-6H3,(H2,31,32,36)/b21-15-,23-16+,26-22-. The molecule has 0 spiro atoms. The quantitative estimate of drug-likeness (QED) is 0.158. The van der Waals surface area contributed by atoms with Crippen LogP contribution in [0, 0.1) is 0 Å². The fourth-order valence-electron chi connectivity index (χ4n) is 5.22. The second kappa shape index (κ2) is 15.1. The van der Waals surface area contributed by atoms with Crippen molar-refractivity contribution < 1.29 is 9.18 Å². The van der Waals surface area contributed by atoms with Gasteiger partial charge < -0.3 is 10.6 Å². The number of nitrogens with one attached hydrogen (secondary N) is 3. The van der Waals surface area contributed by atoms with Crippen LogP contribution in [-0.2, 0) is 0 Å². The molecule has 0 bridgehead atoms. The van der Waals surface area contributed by atoms with Gasteiger partial charge in [0.1, 0.15) is 5.83 Å². The summed E-state index contributed by atoms with van der Waals surface area (Å²) in [4.78, 5) is 19.2. The highest BCUT2D eigenvalue weighted by Gasteiger charge is 2.33. The molecule has 204 valence electrons. The predicted molar refractivity (Wildman–Crippen MR) is 147 cm³/mol. The number of piperazine rings is 1. The molecule has 8 nitrogen and oxygen atoms in total. The number of rotatable bonds is 10. The van der Waals surface area contributed by atoms with Crippen molar-refractivity contribution in [2.45, 2.75) is 66.0 Å². The Labute approximate surface area is 217 Å². The highest BCUT2D eigenvalue weighted by molar-refractivity contribution is 5.75. The number of nitrogens with two attached hydrogens (primary N) is 1. The van der Waals surface area contributed by atoms with E-state index in [0.29, 0.717) is 24.3 Å². The van der Waals surface area contributed by atoms with E-state index in [4.69, 9.17) is 5.84 Å². The number of piperidine rings is 1. The Kier molecular flexibility index (Phi) is 12.6. The van der Waals surface area contributed by atoms with Crippen LogP contribution in [-0.4, -0.2) is 85.7 Å². The summed E-state index contributed by atoms with van der Waals surface area (Å²) in [7, 11) is 1.79. The lowest BCUT2D eigenvalue weighted by molar-refractivity contribution is 0.0175. The summed E-state index contributed by atoms with van der Waals surface area (Å²) >= 11 is 0. The van der Waals surface area contributed by atoms with E-state index in [-0.39, 0.29) is 5.83 Å². The van der Waals surface area contributed by atoms with Gasteiger partial charge in [0.15, 0.2) is 0 Å². The van der Waals surface area contributed by atoms with Crippen molar-refractivity contribution in [3.8, 4) is 0 Å². The van der Waals surface area contributed by atoms with Crippen molar-refractivity contribution in [2.75, 3.05) is 52.9 Å². The second-order valence-corrected chi connectivity index (χ2v) is 10.4. The molecule has 36 heavy (non-hydrogen) atoms. The number of allylic oxidation sites excluding steroid dienone is 4. The molecule has 0 aromatic carbocycles. The first kappa shape index (κ1) is 30.0. The minimum atomic E-state index is -0.449. The molecule has 1 unspecified atom stereocenters. The Morgan fingerprint density at radius 1 is 1.03 bits per heavy atom. The van der Waals surface area contributed by atoms with Crippen LogP contribution in [0.2, 0.25) is 0 Å². The summed E-state index contributed by atoms with van der Waals surface area (Å²) in [6.07, 6.45) is 8.75. The smallest absolute Gasteiger partial charge is 0.333 e. The molecule has 2 aliphatic rings. The van der Waals surface area contributed by atoms with Gasteiger partial charge in [-0.2, -0.15) is 0 Å². The average Bonchev–Trinajstić information content (AvgIpc) is 2.84. The molecule has 2 aliphatic heterocycles. The number of nitrogens with zero attached hydrogens (tertiary/aromatic N) is 3. The number of hydrogen-bond acceptors (Lipinski definition) is 6. The first-order chi connectivity index (χ1) is 17.2. The Balaban J connectivity index is 1.90. The largest absolute Gasteiger partial charge is 0.392 e. The van der Waals surface area contributed by atoms with Crippen molar-refractivity contribution in [3.05, 3.63) is 46.6 Å². The van der Waals surface area contributed by atoms with Crippen LogP contribution >= 0.6 is 0 Å². The first-order valence-corrected chi connectivity index (χ1v) is 13.2. The van der Waals surface area contributed by atoms with Crippen LogP contribution in [0.4, 0.5) is 9.18 Å². The minimum Gasteiger partial charge on any atom is -0.392 e. The summed E-state index contributed by atoms with van der Waals surface area (Å²) in [6, 6.07) is 0.685. The zero-order valence-corrected chi connectivity index (χ0v) is 23.2. The topological polar surface area (TPSA) is 88.9 Å². The van der Waals surface area contributed by atoms with Crippen LogP contribution < -0.4 is 21.9 Å². The monoisotopic (exact) mass is 505 g/mol. The van der Waals surface area contributed by atoms with Crippen LogP contribution in [0.3, 0.4) is 0 Å². The lowest BCUT2D eigenvalue weighted by atomic mass is 9.97. The van der Waals surface area contributed by atoms with Gasteiger partial charge in [-0.1, -0.05) is 18.1 Å². The maximum Gasteiger partial charge on any atom is 0.333 e. The molecule has 0 saturated carbocycles. The first-order valence-electron chi connectivity index (χ1n) is 13.2. The van der Waals surface area contributed by atoms with E-state index in [0.717, 1.165) is 69.7 Å². The molecule has 0 aliphatic carbocycles. The molecule has 2 rings (SSSR count). The molecule has 2 fully saturated rings. The lowest BCUT2D eigenvalue weighted by Crippen LogP contribution is -2.58. The van der Waals surface area contributed by atoms with Crippen molar-refractivity contribution >= 4 is 6.03 Å². The number of amides is 2. The fourth-order valence-corrected chi connectivity index (χ4v) is 5.22. The number of carbonyl (C=O) groups is 1. The highest BCUT2D eigenvalue weighted by atomic mass is 19.1. The second-order valence-electron chi connectivity index (χ2n) is 10.4. The fraction of sp³-hybridized carbons (Fsp3) is 0.667. The molecule has 2 amide bonds.